The number of aromatic nitrogens is 5. The van der Waals surface area contributed by atoms with Crippen LogP contribution in [0.25, 0.3) is 17.1 Å². The van der Waals surface area contributed by atoms with E-state index in [4.69, 9.17) is 16.0 Å². The molecule has 4 rings (SSSR count). The van der Waals surface area contributed by atoms with Gasteiger partial charge in [-0.3, -0.25) is 4.57 Å². The molecule has 0 atom stereocenters. The first-order valence-electron chi connectivity index (χ1n) is 8.29. The molecule has 2 aromatic carbocycles. The van der Waals surface area contributed by atoms with Gasteiger partial charge in [-0.2, -0.15) is 0 Å². The lowest BCUT2D eigenvalue weighted by atomic mass is 10.1. The smallest absolute Gasteiger partial charge is 0.247 e. The van der Waals surface area contributed by atoms with Gasteiger partial charge in [0.25, 0.3) is 0 Å². The molecule has 27 heavy (non-hydrogen) atoms. The normalized spacial score (nSPS) is 11.1. The molecule has 6 nitrogen and oxygen atoms in total. The average Bonchev–Trinajstić information content (AvgIpc) is 3.32. The molecule has 0 aliphatic carbocycles. The number of hydrogen-bond acceptors (Lipinski definition) is 6. The van der Waals surface area contributed by atoms with Crippen molar-refractivity contribution in [1.29, 1.82) is 0 Å². The molecule has 0 amide bonds. The second-order valence-electron chi connectivity index (χ2n) is 6.07. The van der Waals surface area contributed by atoms with E-state index in [0.717, 1.165) is 22.0 Å². The maximum atomic E-state index is 6.23. The molecule has 0 aliphatic rings. The zero-order chi connectivity index (χ0) is 18.8. The zero-order valence-corrected chi connectivity index (χ0v) is 16.3. The van der Waals surface area contributed by atoms with Crippen molar-refractivity contribution in [3.05, 3.63) is 70.8 Å². The fourth-order valence-electron chi connectivity index (χ4n) is 2.48. The Hall–Kier alpha value is -2.64. The molecule has 2 aromatic heterocycles. The molecule has 4 aromatic rings. The molecule has 0 unspecified atom stereocenters. The Kier molecular flexibility index (Phi) is 4.96. The van der Waals surface area contributed by atoms with Crippen molar-refractivity contribution in [1.82, 2.24) is 25.0 Å². The first kappa shape index (κ1) is 17.8. The van der Waals surface area contributed by atoms with E-state index in [1.165, 1.54) is 17.3 Å². The fraction of sp³-hybridized carbons (Fsp3) is 0.158. The average molecular weight is 398 g/mol. The summed E-state index contributed by atoms with van der Waals surface area (Å²) in [4.78, 5) is 0. The van der Waals surface area contributed by atoms with E-state index in [1.54, 1.807) is 6.33 Å². The SMILES string of the molecule is Cc1ccc(-c2nnc(CSc3nncn3-c3ccc(C)c(Cl)c3)o2)cc1. The Morgan fingerprint density at radius 3 is 2.63 bits per heavy atom. The minimum absolute atomic E-state index is 0.497. The van der Waals surface area contributed by atoms with Crippen LogP contribution < -0.4 is 0 Å². The minimum Gasteiger partial charge on any atom is -0.420 e. The summed E-state index contributed by atoms with van der Waals surface area (Å²) in [6.07, 6.45) is 1.66. The number of benzene rings is 2. The Bertz CT molecular complexity index is 1070. The first-order chi connectivity index (χ1) is 13.1. The van der Waals surface area contributed by atoms with Crippen LogP contribution in [0.5, 0.6) is 0 Å². The number of rotatable bonds is 5. The zero-order valence-electron chi connectivity index (χ0n) is 14.8. The monoisotopic (exact) mass is 397 g/mol. The van der Waals surface area contributed by atoms with Crippen LogP contribution in [0.2, 0.25) is 5.02 Å². The van der Waals surface area contributed by atoms with Gasteiger partial charge in [-0.15, -0.1) is 20.4 Å². The van der Waals surface area contributed by atoms with E-state index >= 15 is 0 Å². The molecule has 0 saturated heterocycles. The predicted octanol–water partition coefficient (Wildman–Crippen LogP) is 4.88. The van der Waals surface area contributed by atoms with Gasteiger partial charge in [0.1, 0.15) is 6.33 Å². The second-order valence-corrected chi connectivity index (χ2v) is 7.42. The number of halogens is 1. The third-order valence-electron chi connectivity index (χ3n) is 4.04. The summed E-state index contributed by atoms with van der Waals surface area (Å²) in [6.45, 7) is 4.01. The molecule has 8 heteroatoms. The van der Waals surface area contributed by atoms with Crippen molar-refractivity contribution >= 4 is 23.4 Å². The summed E-state index contributed by atoms with van der Waals surface area (Å²) in [5.41, 5.74) is 4.02. The quantitative estimate of drug-likeness (QED) is 0.447. The molecule has 136 valence electrons. The highest BCUT2D eigenvalue weighted by Crippen LogP contribution is 2.26. The number of hydrogen-bond donors (Lipinski definition) is 0. The van der Waals surface area contributed by atoms with Crippen LogP contribution in [0.4, 0.5) is 0 Å². The van der Waals surface area contributed by atoms with Crippen LogP contribution in [0.15, 0.2) is 58.4 Å². The van der Waals surface area contributed by atoms with E-state index in [0.29, 0.717) is 22.6 Å². The Labute approximate surface area is 165 Å². The number of aryl methyl sites for hydroxylation is 2. The van der Waals surface area contributed by atoms with Crippen LogP contribution in [-0.4, -0.2) is 25.0 Å². The lowest BCUT2D eigenvalue weighted by Crippen LogP contribution is -1.96. The first-order valence-corrected chi connectivity index (χ1v) is 9.65. The van der Waals surface area contributed by atoms with Gasteiger partial charge in [0.2, 0.25) is 11.8 Å². The van der Waals surface area contributed by atoms with Gasteiger partial charge >= 0.3 is 0 Å². The summed E-state index contributed by atoms with van der Waals surface area (Å²) in [6, 6.07) is 13.8. The Morgan fingerprint density at radius 2 is 1.85 bits per heavy atom. The molecule has 2 heterocycles. The van der Waals surface area contributed by atoms with Crippen molar-refractivity contribution in [2.24, 2.45) is 0 Å². The predicted molar refractivity (Wildman–Crippen MR) is 105 cm³/mol. The maximum Gasteiger partial charge on any atom is 0.247 e. The van der Waals surface area contributed by atoms with E-state index in [9.17, 15) is 0 Å². The highest BCUT2D eigenvalue weighted by molar-refractivity contribution is 7.98. The van der Waals surface area contributed by atoms with Crippen LogP contribution in [0.1, 0.15) is 17.0 Å². The fourth-order valence-corrected chi connectivity index (χ4v) is 3.42. The van der Waals surface area contributed by atoms with Crippen molar-refractivity contribution in [3.8, 4) is 17.1 Å². The molecule has 0 N–H and O–H groups in total. The molecule has 0 aliphatic heterocycles. The largest absolute Gasteiger partial charge is 0.420 e. The van der Waals surface area contributed by atoms with Gasteiger partial charge in [0.15, 0.2) is 5.16 Å². The van der Waals surface area contributed by atoms with Crippen molar-refractivity contribution in [2.75, 3.05) is 0 Å². The Balaban J connectivity index is 1.49. The second kappa shape index (κ2) is 7.54. The molecule has 0 saturated carbocycles. The summed E-state index contributed by atoms with van der Waals surface area (Å²) in [7, 11) is 0. The number of nitrogens with zero attached hydrogens (tertiary/aromatic N) is 5. The summed E-state index contributed by atoms with van der Waals surface area (Å²) >= 11 is 7.71. The summed E-state index contributed by atoms with van der Waals surface area (Å²) < 4.78 is 7.65. The van der Waals surface area contributed by atoms with E-state index in [2.05, 4.69) is 20.4 Å². The van der Waals surface area contributed by atoms with Gasteiger partial charge in [0.05, 0.1) is 11.4 Å². The molecule has 0 radical (unpaired) electrons. The van der Waals surface area contributed by atoms with Crippen LogP contribution >= 0.6 is 23.4 Å². The lowest BCUT2D eigenvalue weighted by molar-refractivity contribution is 0.528. The van der Waals surface area contributed by atoms with Gasteiger partial charge in [-0.1, -0.05) is 47.1 Å². The van der Waals surface area contributed by atoms with Crippen LogP contribution in [0, 0.1) is 13.8 Å². The van der Waals surface area contributed by atoms with Crippen molar-refractivity contribution in [2.45, 2.75) is 24.8 Å². The van der Waals surface area contributed by atoms with Crippen molar-refractivity contribution < 1.29 is 4.42 Å². The third kappa shape index (κ3) is 3.89. The Morgan fingerprint density at radius 1 is 1.04 bits per heavy atom. The molecular formula is C19H16ClN5OS. The summed E-state index contributed by atoms with van der Waals surface area (Å²) in [5, 5.41) is 17.9. The summed E-state index contributed by atoms with van der Waals surface area (Å²) in [5.74, 6) is 1.54. The third-order valence-corrected chi connectivity index (χ3v) is 5.38. The van der Waals surface area contributed by atoms with Gasteiger partial charge < -0.3 is 4.42 Å². The van der Waals surface area contributed by atoms with Gasteiger partial charge in [-0.05, 0) is 43.7 Å². The maximum absolute atomic E-state index is 6.23. The van der Waals surface area contributed by atoms with E-state index < -0.39 is 0 Å². The van der Waals surface area contributed by atoms with Crippen molar-refractivity contribution in [3.63, 3.8) is 0 Å². The van der Waals surface area contributed by atoms with E-state index in [1.807, 2.05) is 60.9 Å². The minimum atomic E-state index is 0.497. The molecular weight excluding hydrogens is 382 g/mol. The molecule has 0 bridgehead atoms. The highest BCUT2D eigenvalue weighted by Gasteiger charge is 2.13. The standard InChI is InChI=1S/C19H16ClN5OS/c1-12-3-6-14(7-4-12)18-23-22-17(26-18)10-27-19-24-21-11-25(19)15-8-5-13(2)16(20)9-15/h3-9,11H,10H2,1-2H3. The molecule has 0 fully saturated rings. The van der Waals surface area contributed by atoms with Crippen LogP contribution in [0.3, 0.4) is 0 Å². The van der Waals surface area contributed by atoms with Crippen LogP contribution in [-0.2, 0) is 5.75 Å². The molecule has 0 spiro atoms. The van der Waals surface area contributed by atoms with Gasteiger partial charge in [-0.25, -0.2) is 0 Å². The topological polar surface area (TPSA) is 69.6 Å². The van der Waals surface area contributed by atoms with E-state index in [-0.39, 0.29) is 0 Å². The highest BCUT2D eigenvalue weighted by atomic mass is 35.5. The lowest BCUT2D eigenvalue weighted by Gasteiger charge is -2.07. The number of thioether (sulfide) groups is 1. The van der Waals surface area contributed by atoms with Gasteiger partial charge in [0, 0.05) is 10.6 Å².